The first kappa shape index (κ1) is 64.1. The summed E-state index contributed by atoms with van der Waals surface area (Å²) < 4.78 is 37.2. The van der Waals surface area contributed by atoms with Crippen molar-refractivity contribution in [2.75, 3.05) is 13.7 Å². The van der Waals surface area contributed by atoms with E-state index in [2.05, 4.69) is 40.0 Å². The number of hydrogen-bond acceptors (Lipinski definition) is 17. The Morgan fingerprint density at radius 2 is 0.907 bits per heavy atom. The molecule has 2 heterocycles. The van der Waals surface area contributed by atoms with Gasteiger partial charge in [0.25, 0.3) is 5.88 Å². The highest BCUT2D eigenvalue weighted by Gasteiger charge is 2.08. The summed E-state index contributed by atoms with van der Waals surface area (Å²) in [6.07, 6.45) is 1.86. The fourth-order valence-electron chi connectivity index (χ4n) is 5.81. The van der Waals surface area contributed by atoms with E-state index in [0.717, 1.165) is 62.9 Å². The Balaban J connectivity index is 0.000000495. The van der Waals surface area contributed by atoms with Crippen molar-refractivity contribution in [3.8, 4) is 45.8 Å². The summed E-state index contributed by atoms with van der Waals surface area (Å²) in [5.74, 6) is 7.81. The van der Waals surface area contributed by atoms with Gasteiger partial charge < -0.3 is 37.9 Å². The van der Waals surface area contributed by atoms with Crippen molar-refractivity contribution in [1.29, 1.82) is 0 Å². The molecule has 6 aromatic carbocycles. The molecular formula is C57H60ClN3O14. The predicted molar refractivity (Wildman–Crippen MR) is 279 cm³/mol. The maximum absolute atomic E-state index is 11.1. The van der Waals surface area contributed by atoms with Crippen LogP contribution in [-0.2, 0) is 55.0 Å². The Morgan fingerprint density at radius 3 is 1.20 bits per heavy atom. The van der Waals surface area contributed by atoms with Gasteiger partial charge in [0.15, 0.2) is 17.3 Å². The number of benzene rings is 6. The summed E-state index contributed by atoms with van der Waals surface area (Å²) in [6, 6.07) is 56.6. The van der Waals surface area contributed by atoms with Crippen molar-refractivity contribution in [3.63, 3.8) is 0 Å². The second kappa shape index (κ2) is 39.6. The van der Waals surface area contributed by atoms with Crippen LogP contribution in [0.5, 0.6) is 23.1 Å². The van der Waals surface area contributed by atoms with Crippen LogP contribution in [0.4, 0.5) is 0 Å². The van der Waals surface area contributed by atoms with Crippen LogP contribution in [0.1, 0.15) is 66.9 Å². The lowest BCUT2D eigenvalue weighted by Gasteiger charge is -2.06. The van der Waals surface area contributed by atoms with E-state index in [-0.39, 0.29) is 36.5 Å². The van der Waals surface area contributed by atoms with Crippen molar-refractivity contribution in [2.24, 2.45) is 5.90 Å². The molecule has 8 rings (SSSR count). The number of rotatable bonds is 16. The minimum Gasteiger partial charge on any atom is -0.489 e. The molecule has 17 nitrogen and oxygen atoms in total. The Bertz CT molecular complexity index is 2660. The Kier molecular flexibility index (Phi) is 33.9. The number of Topliss-reactive ketones (excluding diaryl/α,β-unsaturated/α-hetero) is 1. The number of halogens is 1. The zero-order chi connectivity index (χ0) is 54.2. The number of carbonyl (C=O) groups excluding carboxylic acids is 6. The lowest BCUT2D eigenvalue weighted by atomic mass is 10.1. The summed E-state index contributed by atoms with van der Waals surface area (Å²) in [4.78, 5) is 53.8. The molecule has 2 aromatic heterocycles. The summed E-state index contributed by atoms with van der Waals surface area (Å²) in [7, 11) is 1.56. The Morgan fingerprint density at radius 1 is 0.547 bits per heavy atom. The van der Waals surface area contributed by atoms with E-state index < -0.39 is 0 Å². The third kappa shape index (κ3) is 26.4. The van der Waals surface area contributed by atoms with Gasteiger partial charge in [0, 0.05) is 35.2 Å². The summed E-state index contributed by atoms with van der Waals surface area (Å²) in [5.41, 5.74) is 7.03. The summed E-state index contributed by atoms with van der Waals surface area (Å²) in [6.45, 7) is 9.35. The van der Waals surface area contributed by atoms with Gasteiger partial charge in [0.1, 0.15) is 37.1 Å². The molecule has 0 unspecified atom stereocenters. The van der Waals surface area contributed by atoms with Crippen LogP contribution in [0.3, 0.4) is 0 Å². The van der Waals surface area contributed by atoms with Gasteiger partial charge in [0.2, 0.25) is 0 Å². The van der Waals surface area contributed by atoms with Crippen molar-refractivity contribution < 1.29 is 66.7 Å². The van der Waals surface area contributed by atoms with Crippen molar-refractivity contribution >= 4 is 36.5 Å². The van der Waals surface area contributed by atoms with E-state index in [1.165, 1.54) is 0 Å². The number of esters is 1. The number of ketones is 1. The molecule has 0 fully saturated rings. The van der Waals surface area contributed by atoms with Gasteiger partial charge in [-0.25, -0.2) is 5.90 Å². The molecule has 0 spiro atoms. The number of carbonyl (C=O) groups is 2. The summed E-state index contributed by atoms with van der Waals surface area (Å²) >= 11 is 0. The number of aryl methyl sites for hydroxylation is 1. The zero-order valence-electron chi connectivity index (χ0n) is 42.1. The number of nitrogens with two attached hydrogens (primary N) is 1. The van der Waals surface area contributed by atoms with Crippen molar-refractivity contribution in [3.05, 3.63) is 204 Å². The smallest absolute Gasteiger partial charge is 0.373 e. The monoisotopic (exact) mass is 1050 g/mol. The molecule has 8 aromatic rings. The quantitative estimate of drug-likeness (QED) is 0.0519. The first-order valence-electron chi connectivity index (χ1n) is 22.8. The molecule has 0 bridgehead atoms. The maximum atomic E-state index is 11.1. The third-order valence-corrected chi connectivity index (χ3v) is 9.50. The molecule has 0 aliphatic rings. The first-order chi connectivity index (χ1) is 36.1. The number of ether oxygens (including phenoxy) is 5. The molecule has 0 saturated carbocycles. The average Bonchev–Trinajstić information content (AvgIpc) is 4.15. The van der Waals surface area contributed by atoms with Gasteiger partial charge in [-0.05, 0) is 115 Å². The van der Waals surface area contributed by atoms with E-state index >= 15 is 0 Å². The molecular weight excluding hydrogens is 986 g/mol. The Labute approximate surface area is 441 Å². The standard InChI is InChI=1S/C18H17NO2.C17H15NO3.C15H14O2.C5H10O2.2CO2.ClH.H3NO/c1-2-16-12-18(21-19-16)15-8-10-17(11-9-15)20-13-14-6-4-3-5-7-14;1-19-17-11-16(21-18-17)14-7-9-15(10-8-14)20-12-13-5-3-2-4-6-13;1-12(16)14-7-9-15(10-8-14)17-11-13-5-3-2-4-6-13;1-3-5(6)7-4-2;2*2-1-3;;1-2/h3-12H,2,13H2,1H3;2-11H,12H2,1H3;2-10H,11H2,1H3;3-4H2,1-2H3;;;1H;2H,1H2. The van der Waals surface area contributed by atoms with Gasteiger partial charge in [-0.1, -0.05) is 110 Å². The SMILES string of the molecule is CC(=O)c1ccc(OCc2ccccc2)cc1.CCOC(=O)CC.CCc1cc(-c2ccc(OCc3ccccc3)cc2)on1.COc1cc(-c2ccc(OCc3ccccc3)cc2)on1.Cl.NO.O=C=O.O=C=O. The number of methoxy groups -OCH3 is 1. The highest BCUT2D eigenvalue weighted by molar-refractivity contribution is 5.94. The fraction of sp³-hybridized carbons (Fsp3) is 0.193. The fourth-order valence-corrected chi connectivity index (χ4v) is 5.81. The number of aromatic nitrogens is 2. The minimum absolute atomic E-state index is 0. The van der Waals surface area contributed by atoms with Gasteiger partial charge in [-0.15, -0.1) is 12.4 Å². The van der Waals surface area contributed by atoms with Crippen molar-refractivity contribution in [2.45, 2.75) is 60.4 Å². The van der Waals surface area contributed by atoms with E-state index in [1.807, 2.05) is 146 Å². The minimum atomic E-state index is -0.123. The second-order valence-electron chi connectivity index (χ2n) is 14.5. The van der Waals surface area contributed by atoms with Gasteiger partial charge >= 0.3 is 18.3 Å². The van der Waals surface area contributed by atoms with Gasteiger partial charge in [-0.3, -0.25) is 9.59 Å². The molecule has 18 heteroatoms. The third-order valence-electron chi connectivity index (χ3n) is 9.50. The lowest BCUT2D eigenvalue weighted by Crippen LogP contribution is -2.00. The number of hydrogen-bond donors (Lipinski definition) is 2. The first-order valence-corrected chi connectivity index (χ1v) is 22.8. The molecule has 0 amide bonds. The molecule has 0 radical (unpaired) electrons. The largest absolute Gasteiger partial charge is 0.489 e. The van der Waals surface area contributed by atoms with Crippen LogP contribution in [-0.4, -0.2) is 53.3 Å². The topological polar surface area (TPSA) is 247 Å². The highest BCUT2D eigenvalue weighted by Crippen LogP contribution is 2.26. The van der Waals surface area contributed by atoms with Crippen LogP contribution >= 0.6 is 12.4 Å². The zero-order valence-corrected chi connectivity index (χ0v) is 42.9. The maximum Gasteiger partial charge on any atom is 0.373 e. The van der Waals surface area contributed by atoms with E-state index in [4.69, 9.17) is 52.4 Å². The normalized spacial score (nSPS) is 9.16. The molecule has 394 valence electrons. The average molecular weight is 1050 g/mol. The van der Waals surface area contributed by atoms with Crippen LogP contribution in [0.25, 0.3) is 22.6 Å². The lowest BCUT2D eigenvalue weighted by molar-refractivity contribution is -0.193. The summed E-state index contributed by atoms with van der Waals surface area (Å²) in [5, 5.41) is 14.3. The van der Waals surface area contributed by atoms with E-state index in [9.17, 15) is 9.59 Å². The molecule has 0 atom stereocenters. The molecule has 3 N–H and O–H groups in total. The van der Waals surface area contributed by atoms with Gasteiger partial charge in [-0.2, -0.15) is 19.2 Å². The number of nitrogens with zero attached hydrogens (tertiary/aromatic N) is 2. The van der Waals surface area contributed by atoms with E-state index in [1.54, 1.807) is 46.1 Å². The predicted octanol–water partition coefficient (Wildman–Crippen LogP) is 11.4. The Hall–Kier alpha value is -8.95. The molecule has 0 aliphatic heterocycles. The van der Waals surface area contributed by atoms with Crippen LogP contribution in [0.15, 0.2) is 185 Å². The van der Waals surface area contributed by atoms with Gasteiger partial charge in [0.05, 0.1) is 19.4 Å². The molecule has 0 aliphatic carbocycles. The molecule has 0 saturated heterocycles. The molecule has 75 heavy (non-hydrogen) atoms. The van der Waals surface area contributed by atoms with Crippen LogP contribution in [0.2, 0.25) is 0 Å². The van der Waals surface area contributed by atoms with E-state index in [0.29, 0.717) is 50.1 Å². The van der Waals surface area contributed by atoms with Crippen molar-refractivity contribution in [1.82, 2.24) is 10.3 Å². The van der Waals surface area contributed by atoms with Crippen LogP contribution in [0, 0.1) is 0 Å². The highest BCUT2D eigenvalue weighted by atomic mass is 35.5. The van der Waals surface area contributed by atoms with Crippen LogP contribution < -0.4 is 24.8 Å². The second-order valence-corrected chi connectivity index (χ2v) is 14.5.